The van der Waals surface area contributed by atoms with Crippen LogP contribution in [0.3, 0.4) is 0 Å². The zero-order chi connectivity index (χ0) is 25.9. The van der Waals surface area contributed by atoms with Gasteiger partial charge in [-0.3, -0.25) is 9.59 Å². The second-order valence-corrected chi connectivity index (χ2v) is 13.7. The van der Waals surface area contributed by atoms with Crippen molar-refractivity contribution in [1.82, 2.24) is 0 Å². The van der Waals surface area contributed by atoms with Gasteiger partial charge in [0.1, 0.15) is 6.07 Å². The number of Topliss-reactive ketones (excluding diaryl/α,β-unsaturated/α-hetero) is 1. The van der Waals surface area contributed by atoms with Crippen LogP contribution < -0.4 is 0 Å². The maximum Gasteiger partial charge on any atom is 0.176 e. The summed E-state index contributed by atoms with van der Waals surface area (Å²) in [4.78, 5) is 26.7. The summed E-state index contributed by atoms with van der Waals surface area (Å²) >= 11 is 0. The topological polar surface area (TPSA) is 57.9 Å². The zero-order valence-electron chi connectivity index (χ0n) is 23.3. The van der Waals surface area contributed by atoms with Crippen molar-refractivity contribution < 1.29 is 9.59 Å². The first-order valence-electron chi connectivity index (χ1n) is 13.6. The van der Waals surface area contributed by atoms with Crippen LogP contribution in [-0.2, 0) is 9.59 Å². The van der Waals surface area contributed by atoms with Gasteiger partial charge in [0.05, 0.1) is 5.57 Å². The van der Waals surface area contributed by atoms with E-state index in [0.717, 1.165) is 32.1 Å². The molecule has 0 aromatic heterocycles. The minimum absolute atomic E-state index is 0.0242. The van der Waals surface area contributed by atoms with Crippen molar-refractivity contribution in [1.29, 1.82) is 5.26 Å². The van der Waals surface area contributed by atoms with Gasteiger partial charge in [-0.15, -0.1) is 0 Å². The highest BCUT2D eigenvalue weighted by Crippen LogP contribution is 2.67. The maximum absolute atomic E-state index is 13.9. The Labute approximate surface area is 208 Å². The lowest BCUT2D eigenvalue weighted by Crippen LogP contribution is -2.58. The number of nitriles is 1. The van der Waals surface area contributed by atoms with Gasteiger partial charge in [-0.2, -0.15) is 5.26 Å². The molecular formula is C31H47NO2. The molecule has 0 amide bonds. The smallest absolute Gasteiger partial charge is 0.176 e. The fourth-order valence-electron chi connectivity index (χ4n) is 8.32. The maximum atomic E-state index is 13.9. The molecule has 4 rings (SSSR count). The van der Waals surface area contributed by atoms with E-state index in [0.29, 0.717) is 17.6 Å². The summed E-state index contributed by atoms with van der Waals surface area (Å²) in [6.07, 6.45) is 9.23. The summed E-state index contributed by atoms with van der Waals surface area (Å²) in [6, 6.07) is 2.16. The highest BCUT2D eigenvalue weighted by Gasteiger charge is 2.62. The molecule has 4 aliphatic carbocycles. The van der Waals surface area contributed by atoms with Crippen LogP contribution in [0.4, 0.5) is 0 Å². The van der Waals surface area contributed by atoms with Crippen LogP contribution in [0.2, 0.25) is 0 Å². The quantitative estimate of drug-likeness (QED) is 0.398. The number of carbonyl (C=O) groups excluding carboxylic acids is 2. The van der Waals surface area contributed by atoms with E-state index in [1.54, 1.807) is 0 Å². The highest BCUT2D eigenvalue weighted by atomic mass is 16.1. The average Bonchev–Trinajstić information content (AvgIpc) is 2.74. The standard InChI is InChI=1S/C29H41NO2.C2H6/c1-17-19-10-12-28(7)20-9-11-27(5,6)21(15-26(2,3)4)24(20)22(31)13-23(28)29(19,8)14-18(16-30)25(17)32;1-2/h13-14,17,19-21,24H,9-12,15H2,1-8H3;1-2H3. The third kappa shape index (κ3) is 4.04. The van der Waals surface area contributed by atoms with E-state index in [1.807, 2.05) is 32.9 Å². The van der Waals surface area contributed by atoms with Gasteiger partial charge in [-0.1, -0.05) is 80.9 Å². The lowest BCUT2D eigenvalue weighted by atomic mass is 9.41. The molecule has 7 unspecified atom stereocenters. The van der Waals surface area contributed by atoms with Gasteiger partial charge < -0.3 is 0 Å². The van der Waals surface area contributed by atoms with Gasteiger partial charge in [0.15, 0.2) is 11.6 Å². The van der Waals surface area contributed by atoms with E-state index in [2.05, 4.69) is 54.5 Å². The second kappa shape index (κ2) is 8.76. The van der Waals surface area contributed by atoms with Crippen LogP contribution in [0, 0.1) is 62.6 Å². The molecule has 0 aromatic carbocycles. The second-order valence-electron chi connectivity index (χ2n) is 13.7. The number of carbonyl (C=O) groups is 2. The number of hydrogen-bond acceptors (Lipinski definition) is 3. The Balaban J connectivity index is 0.00000158. The Bertz CT molecular complexity index is 955. The number of ketones is 2. The summed E-state index contributed by atoms with van der Waals surface area (Å²) < 4.78 is 0. The molecule has 0 aliphatic heterocycles. The van der Waals surface area contributed by atoms with E-state index >= 15 is 0 Å². The summed E-state index contributed by atoms with van der Waals surface area (Å²) in [7, 11) is 0. The van der Waals surface area contributed by atoms with Crippen LogP contribution in [-0.4, -0.2) is 11.6 Å². The Morgan fingerprint density at radius 1 is 1.03 bits per heavy atom. The van der Waals surface area contributed by atoms with E-state index in [1.165, 1.54) is 5.57 Å². The van der Waals surface area contributed by atoms with Crippen molar-refractivity contribution in [3.8, 4) is 6.07 Å². The highest BCUT2D eigenvalue weighted by molar-refractivity contribution is 6.02. The van der Waals surface area contributed by atoms with Gasteiger partial charge >= 0.3 is 0 Å². The molecular weight excluding hydrogens is 418 g/mol. The molecule has 0 N–H and O–H groups in total. The van der Waals surface area contributed by atoms with Crippen molar-refractivity contribution in [3.63, 3.8) is 0 Å². The van der Waals surface area contributed by atoms with Crippen molar-refractivity contribution in [2.45, 2.75) is 101 Å². The zero-order valence-corrected chi connectivity index (χ0v) is 23.3. The van der Waals surface area contributed by atoms with Crippen LogP contribution in [0.5, 0.6) is 0 Å². The normalized spacial score (nSPS) is 40.9. The first-order chi connectivity index (χ1) is 15.7. The molecule has 3 heteroatoms. The number of rotatable bonds is 1. The van der Waals surface area contributed by atoms with Crippen molar-refractivity contribution in [3.05, 3.63) is 23.3 Å². The largest absolute Gasteiger partial charge is 0.295 e. The van der Waals surface area contributed by atoms with Crippen LogP contribution >= 0.6 is 0 Å². The molecule has 3 nitrogen and oxygen atoms in total. The van der Waals surface area contributed by atoms with Gasteiger partial charge in [0, 0.05) is 17.3 Å². The molecule has 34 heavy (non-hydrogen) atoms. The summed E-state index contributed by atoms with van der Waals surface area (Å²) in [6.45, 7) is 22.2. The van der Waals surface area contributed by atoms with Gasteiger partial charge in [-0.25, -0.2) is 0 Å². The van der Waals surface area contributed by atoms with Crippen LogP contribution in [0.15, 0.2) is 23.3 Å². The monoisotopic (exact) mass is 465 g/mol. The van der Waals surface area contributed by atoms with E-state index in [4.69, 9.17) is 0 Å². The Morgan fingerprint density at radius 2 is 1.62 bits per heavy atom. The van der Waals surface area contributed by atoms with Crippen molar-refractivity contribution in [2.75, 3.05) is 0 Å². The molecule has 188 valence electrons. The van der Waals surface area contributed by atoms with Crippen molar-refractivity contribution in [2.24, 2.45) is 51.2 Å². The first-order valence-corrected chi connectivity index (χ1v) is 13.6. The van der Waals surface area contributed by atoms with Gasteiger partial charge in [0.25, 0.3) is 0 Å². The number of allylic oxidation sites excluding steroid dienone is 4. The molecule has 0 radical (unpaired) electrons. The van der Waals surface area contributed by atoms with Crippen LogP contribution in [0.1, 0.15) is 101 Å². The summed E-state index contributed by atoms with van der Waals surface area (Å²) in [5.74, 6) is 1.07. The number of nitrogens with zero attached hydrogens (tertiary/aromatic N) is 1. The fraction of sp³-hybridized carbons (Fsp3) is 0.774. The Hall–Kier alpha value is -1.69. The SMILES string of the molecule is CC.CC1C(=O)C(C#N)=CC2(C)C3=CC(=O)C4C(CC(C)(C)C)C(C)(C)CCC4C3(C)CCC12. The third-order valence-electron chi connectivity index (χ3n) is 10.0. The minimum Gasteiger partial charge on any atom is -0.295 e. The predicted octanol–water partition coefficient (Wildman–Crippen LogP) is 7.72. The van der Waals surface area contributed by atoms with Crippen molar-refractivity contribution >= 4 is 11.6 Å². The molecule has 0 heterocycles. The minimum atomic E-state index is -0.390. The molecule has 0 bridgehead atoms. The number of hydrogen-bond donors (Lipinski definition) is 0. The van der Waals surface area contributed by atoms with E-state index in [9.17, 15) is 14.9 Å². The lowest BCUT2D eigenvalue weighted by molar-refractivity contribution is -0.138. The third-order valence-corrected chi connectivity index (χ3v) is 10.0. The van der Waals surface area contributed by atoms with Gasteiger partial charge in [-0.05, 0) is 72.2 Å². The fourth-order valence-corrected chi connectivity index (χ4v) is 8.32. The average molecular weight is 466 g/mol. The Kier molecular flexibility index (Phi) is 6.93. The Morgan fingerprint density at radius 3 is 2.18 bits per heavy atom. The molecule has 2 fully saturated rings. The van der Waals surface area contributed by atoms with Gasteiger partial charge in [0.2, 0.25) is 0 Å². The number of fused-ring (bicyclic) bond motifs is 5. The molecule has 4 aliphatic rings. The summed E-state index contributed by atoms with van der Waals surface area (Å²) in [5.41, 5.74) is 1.39. The van der Waals surface area contributed by atoms with E-state index < -0.39 is 5.41 Å². The molecule has 7 atom stereocenters. The first kappa shape index (κ1) is 26.9. The summed E-state index contributed by atoms with van der Waals surface area (Å²) in [5, 5.41) is 9.66. The molecule has 2 saturated carbocycles. The molecule has 0 aromatic rings. The lowest BCUT2D eigenvalue weighted by Gasteiger charge is -2.62. The predicted molar refractivity (Wildman–Crippen MR) is 139 cm³/mol. The molecule has 0 saturated heterocycles. The van der Waals surface area contributed by atoms with E-state index in [-0.39, 0.29) is 45.4 Å². The molecule has 0 spiro atoms. The van der Waals surface area contributed by atoms with Crippen LogP contribution in [0.25, 0.3) is 0 Å².